The van der Waals surface area contributed by atoms with Crippen LogP contribution in [0.2, 0.25) is 0 Å². The van der Waals surface area contributed by atoms with E-state index in [1.165, 1.54) is 58.3 Å². The largest absolute Gasteiger partial charge is 0.355 e. The summed E-state index contributed by atoms with van der Waals surface area (Å²) < 4.78 is 0. The lowest BCUT2D eigenvalue weighted by molar-refractivity contribution is 0.231. The number of rotatable bonds is 5. The molecule has 0 amide bonds. The minimum atomic E-state index is 0.809. The second kappa shape index (κ2) is 8.62. The van der Waals surface area contributed by atoms with E-state index in [1.807, 2.05) is 7.05 Å². The van der Waals surface area contributed by atoms with Gasteiger partial charge in [-0.15, -0.1) is 0 Å². The number of nitrogens with zero attached hydrogens (tertiary/aromatic N) is 3. The van der Waals surface area contributed by atoms with Crippen LogP contribution in [0.4, 0.5) is 0 Å². The number of piperidine rings is 1. The quantitative estimate of drug-likeness (QED) is 0.624. The van der Waals surface area contributed by atoms with E-state index < -0.39 is 0 Å². The molecule has 1 atom stereocenters. The van der Waals surface area contributed by atoms with Gasteiger partial charge in [0.15, 0.2) is 5.96 Å². The Bertz CT molecular complexity index is 321. The first-order valence-corrected chi connectivity index (χ1v) is 8.87. The highest BCUT2D eigenvalue weighted by atomic mass is 15.3. The molecule has 2 heterocycles. The fourth-order valence-corrected chi connectivity index (χ4v) is 3.73. The monoisotopic (exact) mass is 294 g/mol. The van der Waals surface area contributed by atoms with Gasteiger partial charge in [0.2, 0.25) is 0 Å². The van der Waals surface area contributed by atoms with Crippen molar-refractivity contribution in [1.82, 2.24) is 15.1 Å². The Morgan fingerprint density at radius 1 is 1.19 bits per heavy atom. The number of hydrogen-bond donors (Lipinski definition) is 1. The van der Waals surface area contributed by atoms with Crippen molar-refractivity contribution in [2.24, 2.45) is 16.8 Å². The van der Waals surface area contributed by atoms with E-state index >= 15 is 0 Å². The maximum absolute atomic E-state index is 4.48. The van der Waals surface area contributed by atoms with Gasteiger partial charge in [-0.2, -0.15) is 0 Å². The van der Waals surface area contributed by atoms with E-state index in [0.717, 1.165) is 30.9 Å². The summed E-state index contributed by atoms with van der Waals surface area (Å²) in [5, 5.41) is 3.57. The molecule has 0 radical (unpaired) electrons. The molecule has 1 unspecified atom stereocenters. The van der Waals surface area contributed by atoms with Crippen molar-refractivity contribution in [3.63, 3.8) is 0 Å². The molecule has 4 nitrogen and oxygen atoms in total. The van der Waals surface area contributed by atoms with E-state index in [2.05, 4.69) is 34.0 Å². The summed E-state index contributed by atoms with van der Waals surface area (Å²) in [7, 11) is 1.92. The summed E-state index contributed by atoms with van der Waals surface area (Å²) in [5.74, 6) is 2.77. The van der Waals surface area contributed by atoms with Crippen molar-refractivity contribution < 1.29 is 0 Å². The summed E-state index contributed by atoms with van der Waals surface area (Å²) in [4.78, 5) is 9.51. The maximum atomic E-state index is 4.48. The van der Waals surface area contributed by atoms with E-state index in [-0.39, 0.29) is 0 Å². The van der Waals surface area contributed by atoms with Crippen LogP contribution in [0.15, 0.2) is 4.99 Å². The summed E-state index contributed by atoms with van der Waals surface area (Å²) in [6.45, 7) is 11.7. The normalized spacial score (nSPS) is 24.9. The zero-order valence-electron chi connectivity index (χ0n) is 14.3. The lowest BCUT2D eigenvalue weighted by atomic mass is 9.97. The third kappa shape index (κ3) is 5.50. The van der Waals surface area contributed by atoms with E-state index in [0.29, 0.717) is 0 Å². The number of guanidine groups is 1. The Morgan fingerprint density at radius 2 is 1.95 bits per heavy atom. The van der Waals surface area contributed by atoms with Crippen molar-refractivity contribution in [2.75, 3.05) is 46.3 Å². The van der Waals surface area contributed by atoms with Gasteiger partial charge in [0.1, 0.15) is 0 Å². The van der Waals surface area contributed by atoms with Crippen molar-refractivity contribution in [2.45, 2.75) is 46.0 Å². The summed E-state index contributed by atoms with van der Waals surface area (Å²) >= 11 is 0. The average molecular weight is 294 g/mol. The van der Waals surface area contributed by atoms with Gasteiger partial charge in [-0.05, 0) is 50.6 Å². The maximum Gasteiger partial charge on any atom is 0.193 e. The van der Waals surface area contributed by atoms with Crippen LogP contribution in [-0.4, -0.2) is 62.1 Å². The zero-order valence-corrected chi connectivity index (χ0v) is 14.3. The van der Waals surface area contributed by atoms with Crippen molar-refractivity contribution >= 4 is 5.96 Å². The zero-order chi connectivity index (χ0) is 15.1. The molecule has 0 spiro atoms. The number of aliphatic imine (C=N–C) groups is 1. The second-order valence-corrected chi connectivity index (χ2v) is 7.11. The van der Waals surface area contributed by atoms with Gasteiger partial charge in [0.25, 0.3) is 0 Å². The van der Waals surface area contributed by atoms with Crippen LogP contribution in [0.3, 0.4) is 0 Å². The van der Waals surface area contributed by atoms with Gasteiger partial charge < -0.3 is 15.1 Å². The molecule has 21 heavy (non-hydrogen) atoms. The summed E-state index contributed by atoms with van der Waals surface area (Å²) in [6.07, 6.45) is 6.83. The molecule has 2 rings (SSSR count). The van der Waals surface area contributed by atoms with Gasteiger partial charge >= 0.3 is 0 Å². The number of likely N-dealkylation sites (tertiary alicyclic amines) is 2. The Balaban J connectivity index is 1.68. The molecule has 0 aromatic heterocycles. The van der Waals surface area contributed by atoms with Crippen LogP contribution in [-0.2, 0) is 0 Å². The Kier molecular flexibility index (Phi) is 6.81. The number of hydrogen-bond acceptors (Lipinski definition) is 2. The highest BCUT2D eigenvalue weighted by Gasteiger charge is 2.25. The van der Waals surface area contributed by atoms with Crippen LogP contribution in [0.1, 0.15) is 46.0 Å². The van der Waals surface area contributed by atoms with Crippen LogP contribution in [0.25, 0.3) is 0 Å². The van der Waals surface area contributed by atoms with Crippen molar-refractivity contribution in [3.05, 3.63) is 0 Å². The minimum Gasteiger partial charge on any atom is -0.355 e. The molecule has 1 N–H and O–H groups in total. The molecule has 2 saturated heterocycles. The van der Waals surface area contributed by atoms with Gasteiger partial charge in [0, 0.05) is 33.2 Å². The third-order valence-corrected chi connectivity index (χ3v) is 4.76. The molecular formula is C17H34N4. The topological polar surface area (TPSA) is 30.9 Å². The molecule has 122 valence electrons. The Labute approximate surface area is 131 Å². The van der Waals surface area contributed by atoms with Crippen molar-refractivity contribution in [1.29, 1.82) is 0 Å². The van der Waals surface area contributed by atoms with Gasteiger partial charge in [-0.25, -0.2) is 0 Å². The summed E-state index contributed by atoms with van der Waals surface area (Å²) in [6, 6.07) is 0. The van der Waals surface area contributed by atoms with E-state index in [4.69, 9.17) is 0 Å². The standard InChI is InChI=1S/C17H34N4/c1-15(2)13-16-7-11-21(14-16)17(18-3)19-8-12-20-9-5-4-6-10-20/h15-16H,4-14H2,1-3H3,(H,18,19). The molecule has 2 aliphatic heterocycles. The lowest BCUT2D eigenvalue weighted by Crippen LogP contribution is -2.44. The summed E-state index contributed by atoms with van der Waals surface area (Å²) in [5.41, 5.74) is 0. The van der Waals surface area contributed by atoms with Crippen LogP contribution in [0, 0.1) is 11.8 Å². The van der Waals surface area contributed by atoms with Crippen LogP contribution >= 0.6 is 0 Å². The molecule has 0 bridgehead atoms. The smallest absolute Gasteiger partial charge is 0.193 e. The molecular weight excluding hydrogens is 260 g/mol. The van der Waals surface area contributed by atoms with Gasteiger partial charge in [0.05, 0.1) is 0 Å². The van der Waals surface area contributed by atoms with Gasteiger partial charge in [-0.3, -0.25) is 4.99 Å². The first kappa shape index (κ1) is 16.6. The SMILES string of the molecule is CN=C(NCCN1CCCCC1)N1CCC(CC(C)C)C1. The third-order valence-electron chi connectivity index (χ3n) is 4.76. The lowest BCUT2D eigenvalue weighted by Gasteiger charge is -2.28. The van der Waals surface area contributed by atoms with Crippen LogP contribution in [0.5, 0.6) is 0 Å². The molecule has 4 heteroatoms. The minimum absolute atomic E-state index is 0.809. The Hall–Kier alpha value is -0.770. The average Bonchev–Trinajstić information content (AvgIpc) is 2.92. The second-order valence-electron chi connectivity index (χ2n) is 7.11. The molecule has 2 aliphatic rings. The highest BCUT2D eigenvalue weighted by Crippen LogP contribution is 2.23. The van der Waals surface area contributed by atoms with Gasteiger partial charge in [-0.1, -0.05) is 20.3 Å². The van der Waals surface area contributed by atoms with Crippen molar-refractivity contribution in [3.8, 4) is 0 Å². The number of nitrogens with one attached hydrogen (secondary N) is 1. The van der Waals surface area contributed by atoms with Crippen LogP contribution < -0.4 is 5.32 Å². The predicted molar refractivity (Wildman–Crippen MR) is 90.8 cm³/mol. The first-order chi connectivity index (χ1) is 10.2. The first-order valence-electron chi connectivity index (χ1n) is 8.87. The highest BCUT2D eigenvalue weighted by molar-refractivity contribution is 5.80. The predicted octanol–water partition coefficient (Wildman–Crippen LogP) is 2.42. The molecule has 0 aromatic rings. The molecule has 0 saturated carbocycles. The van der Waals surface area contributed by atoms with E-state index in [9.17, 15) is 0 Å². The van der Waals surface area contributed by atoms with E-state index in [1.54, 1.807) is 0 Å². The fourth-order valence-electron chi connectivity index (χ4n) is 3.73. The molecule has 0 aliphatic carbocycles. The Morgan fingerprint density at radius 3 is 2.62 bits per heavy atom. The fraction of sp³-hybridized carbons (Fsp3) is 0.941. The molecule has 0 aromatic carbocycles. The molecule has 2 fully saturated rings.